The number of rotatable bonds is 7. The van der Waals surface area contributed by atoms with Gasteiger partial charge in [-0.1, -0.05) is 78.9 Å². The lowest BCUT2D eigenvalue weighted by atomic mass is 10.0. The molecule has 0 atom stereocenters. The molecule has 0 saturated heterocycles. The quantitative estimate of drug-likeness (QED) is 0.327. The van der Waals surface area contributed by atoms with Crippen LogP contribution in [0.5, 0.6) is 0 Å². The Hall–Kier alpha value is -4.71. The highest BCUT2D eigenvalue weighted by Gasteiger charge is 2.15. The van der Waals surface area contributed by atoms with Gasteiger partial charge < -0.3 is 15.2 Å². The number of aromatic amines is 1. The molecular formula is C27H20N2O4. The highest BCUT2D eigenvalue weighted by atomic mass is 16.4. The number of imidazole rings is 1. The summed E-state index contributed by atoms with van der Waals surface area (Å²) < 4.78 is 0. The lowest BCUT2D eigenvalue weighted by Gasteiger charge is -2.05. The number of nitrogens with one attached hydrogen (secondary N) is 1. The van der Waals surface area contributed by atoms with Crippen molar-refractivity contribution in [1.82, 2.24) is 9.97 Å². The topological polar surface area (TPSA) is 103 Å². The van der Waals surface area contributed by atoms with E-state index >= 15 is 0 Å². The van der Waals surface area contributed by atoms with Crippen molar-refractivity contribution >= 4 is 24.1 Å². The van der Waals surface area contributed by atoms with Gasteiger partial charge in [0.15, 0.2) is 0 Å². The van der Waals surface area contributed by atoms with Crippen molar-refractivity contribution in [3.63, 3.8) is 0 Å². The van der Waals surface area contributed by atoms with Gasteiger partial charge in [0.05, 0.1) is 11.4 Å². The number of benzene rings is 3. The van der Waals surface area contributed by atoms with E-state index in [4.69, 9.17) is 15.2 Å². The third kappa shape index (κ3) is 5.32. The van der Waals surface area contributed by atoms with Gasteiger partial charge in [-0.15, -0.1) is 0 Å². The van der Waals surface area contributed by atoms with Gasteiger partial charge in [-0.3, -0.25) is 0 Å². The molecule has 6 nitrogen and oxygen atoms in total. The monoisotopic (exact) mass is 436 g/mol. The molecule has 0 saturated carbocycles. The fourth-order valence-electron chi connectivity index (χ4n) is 3.37. The van der Waals surface area contributed by atoms with Crippen molar-refractivity contribution < 1.29 is 19.8 Å². The fourth-order valence-corrected chi connectivity index (χ4v) is 3.37. The van der Waals surface area contributed by atoms with Crippen LogP contribution in [0.3, 0.4) is 0 Å². The second-order valence-corrected chi connectivity index (χ2v) is 7.26. The Kier molecular flexibility index (Phi) is 6.27. The molecule has 0 fully saturated rings. The Morgan fingerprint density at radius 1 is 0.667 bits per heavy atom. The van der Waals surface area contributed by atoms with Crippen LogP contribution in [0.25, 0.3) is 46.1 Å². The van der Waals surface area contributed by atoms with E-state index in [1.807, 2.05) is 78.9 Å². The molecule has 1 heterocycles. The van der Waals surface area contributed by atoms with Crippen molar-refractivity contribution in [2.45, 2.75) is 0 Å². The molecule has 4 rings (SSSR count). The maximum absolute atomic E-state index is 10.8. The molecule has 1 aromatic heterocycles. The highest BCUT2D eigenvalue weighted by Crippen LogP contribution is 2.33. The summed E-state index contributed by atoms with van der Waals surface area (Å²) in [5, 5.41) is 17.7. The molecule has 0 radical (unpaired) electrons. The van der Waals surface area contributed by atoms with Gasteiger partial charge in [0.25, 0.3) is 0 Å². The maximum Gasteiger partial charge on any atom is 0.328 e. The van der Waals surface area contributed by atoms with Crippen molar-refractivity contribution in [3.05, 3.63) is 102 Å². The molecule has 0 spiro atoms. The van der Waals surface area contributed by atoms with Gasteiger partial charge in [-0.2, -0.15) is 0 Å². The average Bonchev–Trinajstić information content (AvgIpc) is 3.28. The summed E-state index contributed by atoms with van der Waals surface area (Å²) in [6.45, 7) is 0. The SMILES string of the molecule is O=C(O)C=Cc1ccc(-c2nc(-c3ccccc3)[nH]c2-c2ccc(C=CC(=O)O)cc2)cc1. The van der Waals surface area contributed by atoms with E-state index in [0.717, 1.165) is 57.2 Å². The molecule has 3 aromatic carbocycles. The molecular weight excluding hydrogens is 416 g/mol. The molecule has 0 bridgehead atoms. The fraction of sp³-hybridized carbons (Fsp3) is 0. The van der Waals surface area contributed by atoms with Crippen molar-refractivity contribution in [2.75, 3.05) is 0 Å². The first kappa shape index (κ1) is 21.5. The van der Waals surface area contributed by atoms with Crippen LogP contribution >= 0.6 is 0 Å². The summed E-state index contributed by atoms with van der Waals surface area (Å²) in [6.07, 6.45) is 5.28. The summed E-state index contributed by atoms with van der Waals surface area (Å²) in [5.41, 5.74) is 5.88. The summed E-state index contributed by atoms with van der Waals surface area (Å²) in [5.74, 6) is -1.27. The number of hydrogen-bond donors (Lipinski definition) is 3. The molecule has 0 amide bonds. The predicted molar refractivity (Wildman–Crippen MR) is 128 cm³/mol. The van der Waals surface area contributed by atoms with E-state index < -0.39 is 11.9 Å². The van der Waals surface area contributed by atoms with E-state index in [-0.39, 0.29) is 0 Å². The zero-order valence-electron chi connectivity index (χ0n) is 17.5. The van der Waals surface area contributed by atoms with Crippen LogP contribution in [-0.4, -0.2) is 32.1 Å². The number of carbonyl (C=O) groups is 2. The molecule has 3 N–H and O–H groups in total. The minimum absolute atomic E-state index is 0.727. The normalized spacial score (nSPS) is 11.3. The number of aromatic nitrogens is 2. The van der Waals surface area contributed by atoms with Gasteiger partial charge in [-0.25, -0.2) is 14.6 Å². The van der Waals surface area contributed by atoms with Crippen molar-refractivity contribution in [1.29, 1.82) is 0 Å². The average molecular weight is 436 g/mol. The number of aliphatic carboxylic acids is 2. The first-order valence-corrected chi connectivity index (χ1v) is 10.2. The standard InChI is InChI=1S/C27H20N2O4/c30-23(31)16-10-18-6-12-20(13-7-18)25-26(29-27(28-25)22-4-2-1-3-5-22)21-14-8-19(9-15-21)11-17-24(32)33/h1-17H,(H,28,29)(H,30,31)(H,32,33). The number of carboxylic acids is 2. The van der Waals surface area contributed by atoms with Gasteiger partial charge in [0.1, 0.15) is 5.82 Å². The zero-order chi connectivity index (χ0) is 23.2. The van der Waals surface area contributed by atoms with Crippen molar-refractivity contribution in [2.24, 2.45) is 0 Å². The van der Waals surface area contributed by atoms with E-state index in [1.165, 1.54) is 6.08 Å². The second-order valence-electron chi connectivity index (χ2n) is 7.26. The molecule has 4 aromatic rings. The van der Waals surface area contributed by atoms with Gasteiger partial charge >= 0.3 is 11.9 Å². The predicted octanol–water partition coefficient (Wildman–Crippen LogP) is 5.61. The lowest BCUT2D eigenvalue weighted by molar-refractivity contribution is -0.132. The van der Waals surface area contributed by atoms with Crippen LogP contribution in [0, 0.1) is 0 Å². The molecule has 33 heavy (non-hydrogen) atoms. The Morgan fingerprint density at radius 3 is 1.70 bits per heavy atom. The highest BCUT2D eigenvalue weighted by molar-refractivity contribution is 5.87. The minimum Gasteiger partial charge on any atom is -0.478 e. The van der Waals surface area contributed by atoms with Crippen LogP contribution < -0.4 is 0 Å². The molecule has 0 unspecified atom stereocenters. The first-order chi connectivity index (χ1) is 16.0. The molecule has 6 heteroatoms. The number of hydrogen-bond acceptors (Lipinski definition) is 3. The molecule has 0 aliphatic heterocycles. The van der Waals surface area contributed by atoms with Crippen LogP contribution in [0.4, 0.5) is 0 Å². The zero-order valence-corrected chi connectivity index (χ0v) is 17.5. The van der Waals surface area contributed by atoms with E-state index in [1.54, 1.807) is 6.08 Å². The number of carboxylic acid groups (broad SMARTS) is 2. The summed E-state index contributed by atoms with van der Waals surface area (Å²) in [7, 11) is 0. The van der Waals surface area contributed by atoms with Crippen LogP contribution in [0.1, 0.15) is 11.1 Å². The van der Waals surface area contributed by atoms with Gasteiger partial charge in [-0.05, 0) is 23.3 Å². The largest absolute Gasteiger partial charge is 0.478 e. The Morgan fingerprint density at radius 2 is 1.18 bits per heavy atom. The Bertz CT molecular complexity index is 1250. The maximum atomic E-state index is 10.8. The smallest absolute Gasteiger partial charge is 0.328 e. The molecule has 0 aliphatic carbocycles. The lowest BCUT2D eigenvalue weighted by Crippen LogP contribution is -1.87. The minimum atomic E-state index is -0.997. The summed E-state index contributed by atoms with van der Waals surface area (Å²) in [4.78, 5) is 29.8. The van der Waals surface area contributed by atoms with Gasteiger partial charge in [0, 0.05) is 28.8 Å². The second kappa shape index (κ2) is 9.62. The first-order valence-electron chi connectivity index (χ1n) is 10.2. The third-order valence-electron chi connectivity index (χ3n) is 4.97. The van der Waals surface area contributed by atoms with E-state index in [9.17, 15) is 9.59 Å². The van der Waals surface area contributed by atoms with E-state index in [2.05, 4.69) is 4.98 Å². The van der Waals surface area contributed by atoms with Gasteiger partial charge in [0.2, 0.25) is 0 Å². The Balaban J connectivity index is 1.75. The Labute approximate surface area is 190 Å². The molecule has 0 aliphatic rings. The van der Waals surface area contributed by atoms with Crippen molar-refractivity contribution in [3.8, 4) is 33.9 Å². The third-order valence-corrected chi connectivity index (χ3v) is 4.97. The molecule has 162 valence electrons. The van der Waals surface area contributed by atoms with Crippen LogP contribution in [0.2, 0.25) is 0 Å². The number of H-pyrrole nitrogens is 1. The number of nitrogens with zero attached hydrogens (tertiary/aromatic N) is 1. The van der Waals surface area contributed by atoms with Crippen LogP contribution in [0.15, 0.2) is 91.0 Å². The van der Waals surface area contributed by atoms with Crippen LogP contribution in [-0.2, 0) is 9.59 Å². The summed E-state index contributed by atoms with van der Waals surface area (Å²) >= 11 is 0. The summed E-state index contributed by atoms with van der Waals surface area (Å²) in [6, 6.07) is 24.8. The van der Waals surface area contributed by atoms with E-state index in [0.29, 0.717) is 0 Å².